The third-order valence-electron chi connectivity index (χ3n) is 3.80. The quantitative estimate of drug-likeness (QED) is 0.617. The zero-order valence-corrected chi connectivity index (χ0v) is 14.5. The van der Waals surface area contributed by atoms with Crippen molar-refractivity contribution in [2.75, 3.05) is 5.32 Å². The summed E-state index contributed by atoms with van der Waals surface area (Å²) < 4.78 is 18.5. The largest absolute Gasteiger partial charge is 0.481 e. The van der Waals surface area contributed by atoms with Crippen LogP contribution in [0.5, 0.6) is 5.75 Å². The molecule has 0 heterocycles. The highest BCUT2D eigenvalue weighted by Gasteiger charge is 2.15. The minimum atomic E-state index is -0.822. The molecule has 0 aliphatic rings. The van der Waals surface area contributed by atoms with Crippen molar-refractivity contribution in [3.8, 4) is 5.75 Å². The Labute approximate surface area is 155 Å². The van der Waals surface area contributed by atoms with Gasteiger partial charge in [-0.3, -0.25) is 10.2 Å². The summed E-state index contributed by atoms with van der Waals surface area (Å²) in [7, 11) is 0. The summed E-state index contributed by atoms with van der Waals surface area (Å²) in [5.41, 5.74) is 4.88. The van der Waals surface area contributed by atoms with E-state index in [9.17, 15) is 14.0 Å². The average Bonchev–Trinajstić information content (AvgIpc) is 2.67. The number of nitrogens with one attached hydrogen (secondary N) is 3. The molecule has 0 unspecified atom stereocenters. The average molecular weight is 367 g/mol. The Hall–Kier alpha value is -3.61. The van der Waals surface area contributed by atoms with Crippen LogP contribution in [0.4, 0.5) is 14.9 Å². The first-order chi connectivity index (χ1) is 13.0. The molecule has 0 bridgehead atoms. The third-order valence-corrected chi connectivity index (χ3v) is 3.80. The van der Waals surface area contributed by atoms with E-state index in [1.807, 2.05) is 36.4 Å². The highest BCUT2D eigenvalue weighted by Crippen LogP contribution is 2.21. The predicted molar refractivity (Wildman–Crippen MR) is 101 cm³/mol. The number of urea groups is 1. The van der Waals surface area contributed by atoms with Gasteiger partial charge < -0.3 is 10.1 Å². The lowest BCUT2D eigenvalue weighted by Crippen LogP contribution is -2.48. The number of anilines is 1. The van der Waals surface area contributed by atoms with Gasteiger partial charge in [-0.25, -0.2) is 14.6 Å². The molecule has 0 saturated carbocycles. The van der Waals surface area contributed by atoms with Crippen LogP contribution in [-0.4, -0.2) is 18.0 Å². The van der Waals surface area contributed by atoms with Crippen LogP contribution in [0, 0.1) is 5.82 Å². The van der Waals surface area contributed by atoms with Gasteiger partial charge in [-0.15, -0.1) is 0 Å². The Bertz CT molecular complexity index is 960. The normalized spacial score (nSPS) is 11.5. The molecule has 3 aromatic rings. The molecule has 1 atom stereocenters. The molecular weight excluding hydrogens is 349 g/mol. The molecule has 0 aliphatic carbocycles. The fourth-order valence-corrected chi connectivity index (χ4v) is 2.41. The molecule has 3 N–H and O–H groups in total. The number of hydrazine groups is 1. The van der Waals surface area contributed by atoms with E-state index in [1.54, 1.807) is 13.0 Å². The Kier molecular flexibility index (Phi) is 5.51. The second-order valence-corrected chi connectivity index (χ2v) is 5.84. The van der Waals surface area contributed by atoms with Crippen molar-refractivity contribution in [2.45, 2.75) is 13.0 Å². The SMILES string of the molecule is C[C@@H](Oc1ccc2ccccc2c1)C(=O)NNC(=O)Nc1ccc(F)cc1. The van der Waals surface area contributed by atoms with Gasteiger partial charge >= 0.3 is 6.03 Å². The van der Waals surface area contributed by atoms with E-state index in [2.05, 4.69) is 16.2 Å². The zero-order chi connectivity index (χ0) is 19.2. The summed E-state index contributed by atoms with van der Waals surface area (Å²) in [4.78, 5) is 23.8. The number of benzene rings is 3. The van der Waals surface area contributed by atoms with Gasteiger partial charge in [0.2, 0.25) is 0 Å². The van der Waals surface area contributed by atoms with Gasteiger partial charge in [0.1, 0.15) is 11.6 Å². The van der Waals surface area contributed by atoms with Crippen LogP contribution in [0.2, 0.25) is 0 Å². The maximum Gasteiger partial charge on any atom is 0.337 e. The first-order valence-electron chi connectivity index (χ1n) is 8.29. The van der Waals surface area contributed by atoms with Gasteiger partial charge in [0, 0.05) is 5.69 Å². The van der Waals surface area contributed by atoms with E-state index in [-0.39, 0.29) is 0 Å². The topological polar surface area (TPSA) is 79.5 Å². The molecule has 27 heavy (non-hydrogen) atoms. The second-order valence-electron chi connectivity index (χ2n) is 5.84. The fourth-order valence-electron chi connectivity index (χ4n) is 2.41. The highest BCUT2D eigenvalue weighted by molar-refractivity contribution is 5.91. The van der Waals surface area contributed by atoms with Crippen LogP contribution in [0.15, 0.2) is 66.7 Å². The number of rotatable bonds is 4. The van der Waals surface area contributed by atoms with Crippen molar-refractivity contribution in [1.82, 2.24) is 10.9 Å². The lowest BCUT2D eigenvalue weighted by atomic mass is 10.1. The predicted octanol–water partition coefficient (Wildman–Crippen LogP) is 3.60. The zero-order valence-electron chi connectivity index (χ0n) is 14.5. The van der Waals surface area contributed by atoms with Gasteiger partial charge in [0.05, 0.1) is 0 Å². The van der Waals surface area contributed by atoms with E-state index in [4.69, 9.17) is 4.74 Å². The maximum absolute atomic E-state index is 12.8. The Morgan fingerprint density at radius 3 is 2.37 bits per heavy atom. The summed E-state index contributed by atoms with van der Waals surface area (Å²) in [5.74, 6) is -0.376. The molecule has 0 saturated heterocycles. The lowest BCUT2D eigenvalue weighted by Gasteiger charge is -2.16. The minimum Gasteiger partial charge on any atom is -0.481 e. The molecule has 0 aliphatic heterocycles. The summed E-state index contributed by atoms with van der Waals surface area (Å²) in [6, 6.07) is 17.9. The molecule has 6 nitrogen and oxygen atoms in total. The van der Waals surface area contributed by atoms with Crippen molar-refractivity contribution in [2.24, 2.45) is 0 Å². The summed E-state index contributed by atoms with van der Waals surface area (Å²) in [6.45, 7) is 1.57. The minimum absolute atomic E-state index is 0.392. The summed E-state index contributed by atoms with van der Waals surface area (Å²) in [5, 5.41) is 4.53. The van der Waals surface area contributed by atoms with Crippen LogP contribution >= 0.6 is 0 Å². The third kappa shape index (κ3) is 4.94. The van der Waals surface area contributed by atoms with Crippen molar-refractivity contribution >= 4 is 28.4 Å². The van der Waals surface area contributed by atoms with Crippen LogP contribution in [-0.2, 0) is 4.79 Å². The molecule has 3 amide bonds. The first kappa shape index (κ1) is 18.2. The number of fused-ring (bicyclic) bond motifs is 1. The van der Waals surface area contributed by atoms with Crippen LogP contribution in [0.3, 0.4) is 0 Å². The molecule has 7 heteroatoms. The van der Waals surface area contributed by atoms with Crippen molar-refractivity contribution in [3.05, 3.63) is 72.5 Å². The number of hydrogen-bond acceptors (Lipinski definition) is 3. The lowest BCUT2D eigenvalue weighted by molar-refractivity contribution is -0.127. The molecule has 3 rings (SSSR count). The molecule has 3 aromatic carbocycles. The number of amides is 3. The number of hydrogen-bond donors (Lipinski definition) is 3. The van der Waals surface area contributed by atoms with Gasteiger partial charge in [-0.1, -0.05) is 30.3 Å². The molecule has 138 valence electrons. The van der Waals surface area contributed by atoms with E-state index in [0.717, 1.165) is 10.8 Å². The smallest absolute Gasteiger partial charge is 0.337 e. The number of ether oxygens (including phenoxy) is 1. The van der Waals surface area contributed by atoms with Crippen LogP contribution in [0.1, 0.15) is 6.92 Å². The summed E-state index contributed by atoms with van der Waals surface area (Å²) in [6.07, 6.45) is -0.822. The standard InChI is InChI=1S/C20H18FN3O3/c1-13(27-18-11-6-14-4-2-3-5-15(14)12-18)19(25)23-24-20(26)22-17-9-7-16(21)8-10-17/h2-13H,1H3,(H,23,25)(H2,22,24,26)/t13-/m1/s1. The van der Waals surface area contributed by atoms with Crippen molar-refractivity contribution in [3.63, 3.8) is 0 Å². The molecule has 0 aromatic heterocycles. The number of carbonyl (C=O) groups excluding carboxylic acids is 2. The molecule has 0 fully saturated rings. The van der Waals surface area contributed by atoms with Crippen molar-refractivity contribution in [1.29, 1.82) is 0 Å². The molecular formula is C20H18FN3O3. The van der Waals surface area contributed by atoms with E-state index >= 15 is 0 Å². The Balaban J connectivity index is 1.50. The first-order valence-corrected chi connectivity index (χ1v) is 8.29. The fraction of sp³-hybridized carbons (Fsp3) is 0.100. The highest BCUT2D eigenvalue weighted by atomic mass is 19.1. The second kappa shape index (κ2) is 8.18. The molecule has 0 spiro atoms. The Morgan fingerprint density at radius 2 is 1.63 bits per heavy atom. The van der Waals surface area contributed by atoms with Gasteiger partial charge in [0.15, 0.2) is 6.10 Å². The number of halogens is 1. The maximum atomic E-state index is 12.8. The number of carbonyl (C=O) groups is 2. The molecule has 0 radical (unpaired) electrons. The van der Waals surface area contributed by atoms with Gasteiger partial charge in [0.25, 0.3) is 5.91 Å². The van der Waals surface area contributed by atoms with Gasteiger partial charge in [-0.2, -0.15) is 0 Å². The van der Waals surface area contributed by atoms with Gasteiger partial charge in [-0.05, 0) is 54.1 Å². The Morgan fingerprint density at radius 1 is 0.926 bits per heavy atom. The monoisotopic (exact) mass is 367 g/mol. The van der Waals surface area contributed by atoms with Crippen LogP contribution < -0.4 is 20.9 Å². The van der Waals surface area contributed by atoms with E-state index in [1.165, 1.54) is 24.3 Å². The summed E-state index contributed by atoms with van der Waals surface area (Å²) >= 11 is 0. The van der Waals surface area contributed by atoms with E-state index in [0.29, 0.717) is 11.4 Å². The van der Waals surface area contributed by atoms with Crippen molar-refractivity contribution < 1.29 is 18.7 Å². The van der Waals surface area contributed by atoms with E-state index < -0.39 is 23.9 Å². The van der Waals surface area contributed by atoms with Crippen LogP contribution in [0.25, 0.3) is 10.8 Å².